The van der Waals surface area contributed by atoms with Crippen LogP contribution < -0.4 is 5.32 Å². The van der Waals surface area contributed by atoms with E-state index < -0.39 is 0 Å². The first-order chi connectivity index (χ1) is 6.81. The quantitative estimate of drug-likeness (QED) is 0.704. The van der Waals surface area contributed by atoms with Gasteiger partial charge in [0.2, 0.25) is 5.91 Å². The van der Waals surface area contributed by atoms with Crippen molar-refractivity contribution in [1.29, 1.82) is 0 Å². The summed E-state index contributed by atoms with van der Waals surface area (Å²) in [5.74, 6) is 0.774. The van der Waals surface area contributed by atoms with E-state index in [0.29, 0.717) is 25.2 Å². The third-order valence-electron chi connectivity index (χ3n) is 3.14. The van der Waals surface area contributed by atoms with E-state index in [1.54, 1.807) is 0 Å². The Labute approximate surface area is 84.6 Å². The average Bonchev–Trinajstić information content (AvgIpc) is 2.77. The van der Waals surface area contributed by atoms with E-state index in [2.05, 4.69) is 12.2 Å². The molecule has 0 aromatic carbocycles. The highest BCUT2D eigenvalue weighted by atomic mass is 16.5. The fourth-order valence-electron chi connectivity index (χ4n) is 2.30. The van der Waals surface area contributed by atoms with E-state index in [1.807, 2.05) is 4.90 Å². The van der Waals surface area contributed by atoms with Gasteiger partial charge in [-0.1, -0.05) is 6.92 Å². The van der Waals surface area contributed by atoms with Gasteiger partial charge in [-0.05, 0) is 12.8 Å². The Balaban J connectivity index is 1.86. The number of nitrogens with zero attached hydrogens (tertiary/aromatic N) is 1. The predicted octanol–water partition coefficient (Wildman–Crippen LogP) is 0.191. The lowest BCUT2D eigenvalue weighted by molar-refractivity contribution is -0.127. The molecule has 0 radical (unpaired) electrons. The highest BCUT2D eigenvalue weighted by Crippen LogP contribution is 2.24. The van der Waals surface area contributed by atoms with Crippen LogP contribution in [0.25, 0.3) is 0 Å². The molecule has 1 N–H and O–H groups in total. The Morgan fingerprint density at radius 1 is 1.64 bits per heavy atom. The molecule has 4 nitrogen and oxygen atoms in total. The number of ether oxygens (including phenoxy) is 1. The molecule has 2 fully saturated rings. The standard InChI is InChI=1S/C10H18N2O2/c1-2-9-8(3-4-14-9)6-12-7-11-5-10(12)13/h8-9,11H,2-7H2,1H3. The maximum absolute atomic E-state index is 11.4. The van der Waals surface area contributed by atoms with E-state index in [4.69, 9.17) is 4.74 Å². The lowest BCUT2D eigenvalue weighted by Crippen LogP contribution is -2.34. The van der Waals surface area contributed by atoms with Crippen LogP contribution in [0.3, 0.4) is 0 Å². The largest absolute Gasteiger partial charge is 0.378 e. The van der Waals surface area contributed by atoms with Crippen molar-refractivity contribution in [3.8, 4) is 0 Å². The first-order valence-corrected chi connectivity index (χ1v) is 5.41. The minimum Gasteiger partial charge on any atom is -0.378 e. The third kappa shape index (κ3) is 1.91. The van der Waals surface area contributed by atoms with Gasteiger partial charge in [-0.25, -0.2) is 0 Å². The van der Waals surface area contributed by atoms with Gasteiger partial charge in [0.15, 0.2) is 0 Å². The third-order valence-corrected chi connectivity index (χ3v) is 3.14. The van der Waals surface area contributed by atoms with Crippen molar-refractivity contribution in [1.82, 2.24) is 10.2 Å². The van der Waals surface area contributed by atoms with Gasteiger partial charge in [0.25, 0.3) is 0 Å². The minimum atomic E-state index is 0.228. The van der Waals surface area contributed by atoms with Gasteiger partial charge in [-0.2, -0.15) is 0 Å². The van der Waals surface area contributed by atoms with Crippen LogP contribution in [0.1, 0.15) is 19.8 Å². The zero-order valence-electron chi connectivity index (χ0n) is 8.66. The van der Waals surface area contributed by atoms with Crippen molar-refractivity contribution in [3.63, 3.8) is 0 Å². The summed E-state index contributed by atoms with van der Waals surface area (Å²) in [5.41, 5.74) is 0. The minimum absolute atomic E-state index is 0.228. The maximum Gasteiger partial charge on any atom is 0.237 e. The topological polar surface area (TPSA) is 41.6 Å². The molecule has 2 atom stereocenters. The predicted molar refractivity (Wildman–Crippen MR) is 52.7 cm³/mol. The lowest BCUT2D eigenvalue weighted by atomic mass is 9.99. The summed E-state index contributed by atoms with van der Waals surface area (Å²) >= 11 is 0. The Morgan fingerprint density at radius 3 is 3.14 bits per heavy atom. The van der Waals surface area contributed by atoms with Gasteiger partial charge >= 0.3 is 0 Å². The smallest absolute Gasteiger partial charge is 0.237 e. The van der Waals surface area contributed by atoms with E-state index in [0.717, 1.165) is 26.0 Å². The molecule has 2 saturated heterocycles. The number of nitrogens with one attached hydrogen (secondary N) is 1. The molecule has 1 amide bonds. The van der Waals surface area contributed by atoms with Crippen LogP contribution in [-0.4, -0.2) is 43.3 Å². The van der Waals surface area contributed by atoms with Crippen molar-refractivity contribution in [2.45, 2.75) is 25.9 Å². The van der Waals surface area contributed by atoms with Crippen LogP contribution in [0, 0.1) is 5.92 Å². The number of carbonyl (C=O) groups excluding carboxylic acids is 1. The highest BCUT2D eigenvalue weighted by molar-refractivity contribution is 5.79. The molecule has 80 valence electrons. The number of amides is 1. The van der Waals surface area contributed by atoms with Crippen LogP contribution in [-0.2, 0) is 9.53 Å². The van der Waals surface area contributed by atoms with Gasteiger partial charge in [-0.15, -0.1) is 0 Å². The van der Waals surface area contributed by atoms with Crippen LogP contribution in [0.15, 0.2) is 0 Å². The molecule has 0 aromatic rings. The summed E-state index contributed by atoms with van der Waals surface area (Å²) in [7, 11) is 0. The van der Waals surface area contributed by atoms with Gasteiger partial charge in [0.1, 0.15) is 0 Å². The molecule has 0 aromatic heterocycles. The number of hydrogen-bond acceptors (Lipinski definition) is 3. The second-order valence-corrected chi connectivity index (χ2v) is 4.07. The van der Waals surface area contributed by atoms with Crippen LogP contribution in [0.5, 0.6) is 0 Å². The zero-order valence-corrected chi connectivity index (χ0v) is 8.66. The fourth-order valence-corrected chi connectivity index (χ4v) is 2.30. The van der Waals surface area contributed by atoms with E-state index >= 15 is 0 Å². The average molecular weight is 198 g/mol. The van der Waals surface area contributed by atoms with Gasteiger partial charge < -0.3 is 9.64 Å². The molecule has 2 unspecified atom stereocenters. The van der Waals surface area contributed by atoms with Crippen molar-refractivity contribution < 1.29 is 9.53 Å². The SMILES string of the molecule is CCC1OCCC1CN1CNCC1=O. The molecule has 2 aliphatic heterocycles. The normalized spacial score (nSPS) is 32.9. The van der Waals surface area contributed by atoms with Gasteiger partial charge in [0, 0.05) is 19.1 Å². The first-order valence-electron chi connectivity index (χ1n) is 5.41. The molecule has 2 heterocycles. The molecular weight excluding hydrogens is 180 g/mol. The van der Waals surface area contributed by atoms with Crippen molar-refractivity contribution in [2.24, 2.45) is 5.92 Å². The maximum atomic E-state index is 11.4. The van der Waals surface area contributed by atoms with Crippen LogP contribution in [0.2, 0.25) is 0 Å². The highest BCUT2D eigenvalue weighted by Gasteiger charge is 2.31. The van der Waals surface area contributed by atoms with Gasteiger partial charge in [-0.3, -0.25) is 10.1 Å². The summed E-state index contributed by atoms with van der Waals surface area (Å²) in [6.07, 6.45) is 2.52. The molecule has 0 aliphatic carbocycles. The molecule has 0 bridgehead atoms. The molecule has 0 spiro atoms. The molecule has 0 saturated carbocycles. The molecule has 4 heteroatoms. The molecule has 2 rings (SSSR count). The Hall–Kier alpha value is -0.610. The monoisotopic (exact) mass is 198 g/mol. The van der Waals surface area contributed by atoms with Crippen molar-refractivity contribution in [2.75, 3.05) is 26.4 Å². The summed E-state index contributed by atoms with van der Waals surface area (Å²) in [6.45, 7) is 5.09. The van der Waals surface area contributed by atoms with E-state index in [1.165, 1.54) is 0 Å². The summed E-state index contributed by atoms with van der Waals surface area (Å²) in [4.78, 5) is 13.3. The van der Waals surface area contributed by atoms with Crippen LogP contribution >= 0.6 is 0 Å². The zero-order chi connectivity index (χ0) is 9.97. The summed E-state index contributed by atoms with van der Waals surface area (Å²) in [6, 6.07) is 0. The van der Waals surface area contributed by atoms with Crippen molar-refractivity contribution in [3.05, 3.63) is 0 Å². The van der Waals surface area contributed by atoms with Crippen LogP contribution in [0.4, 0.5) is 0 Å². The first kappa shape index (κ1) is 9.93. The Morgan fingerprint density at radius 2 is 2.50 bits per heavy atom. The molecule has 2 aliphatic rings. The molecule has 14 heavy (non-hydrogen) atoms. The van der Waals surface area contributed by atoms with E-state index in [9.17, 15) is 4.79 Å². The summed E-state index contributed by atoms with van der Waals surface area (Å²) < 4.78 is 5.60. The second kappa shape index (κ2) is 4.28. The number of hydrogen-bond donors (Lipinski definition) is 1. The second-order valence-electron chi connectivity index (χ2n) is 4.07. The van der Waals surface area contributed by atoms with Gasteiger partial charge in [0.05, 0.1) is 19.3 Å². The fraction of sp³-hybridized carbons (Fsp3) is 0.900. The Kier molecular flexibility index (Phi) is 3.03. The Bertz CT molecular complexity index is 220. The number of rotatable bonds is 3. The van der Waals surface area contributed by atoms with E-state index in [-0.39, 0.29) is 5.91 Å². The van der Waals surface area contributed by atoms with Crippen molar-refractivity contribution >= 4 is 5.91 Å². The molecular formula is C10H18N2O2. The summed E-state index contributed by atoms with van der Waals surface area (Å²) in [5, 5.41) is 3.06. The lowest BCUT2D eigenvalue weighted by Gasteiger charge is -2.22. The number of carbonyl (C=O) groups is 1.